The van der Waals surface area contributed by atoms with E-state index in [4.69, 9.17) is 0 Å². The number of carboxylic acids is 1. The Morgan fingerprint density at radius 1 is 1.23 bits per heavy atom. The average molecular weight is 300 g/mol. The Hall–Kier alpha value is -3.22. The molecule has 1 heterocycles. The fraction of sp³-hybridized carbons (Fsp3) is 0. The number of nitrogens with zero attached hydrogens (tertiary/aromatic N) is 1. The van der Waals surface area contributed by atoms with Gasteiger partial charge in [0.25, 0.3) is 5.69 Å². The van der Waals surface area contributed by atoms with Crippen LogP contribution in [-0.2, 0) is 0 Å². The predicted octanol–water partition coefficient (Wildman–Crippen LogP) is 3.58. The third kappa shape index (κ3) is 2.08. The SMILES string of the molecule is O=C(O)c1[nH]c2ccc([N+](=O)[O-])cc2c1-c1ccccc1F. The van der Waals surface area contributed by atoms with E-state index in [1.54, 1.807) is 6.07 Å². The molecule has 0 saturated heterocycles. The number of carbonyl (C=O) groups is 1. The highest BCUT2D eigenvalue weighted by Crippen LogP contribution is 2.35. The number of H-pyrrole nitrogens is 1. The van der Waals surface area contributed by atoms with Crippen LogP contribution in [0.25, 0.3) is 22.0 Å². The highest BCUT2D eigenvalue weighted by atomic mass is 19.1. The van der Waals surface area contributed by atoms with Gasteiger partial charge < -0.3 is 10.1 Å². The van der Waals surface area contributed by atoms with E-state index >= 15 is 0 Å². The second kappa shape index (κ2) is 4.96. The van der Waals surface area contributed by atoms with Crippen LogP contribution in [0.5, 0.6) is 0 Å². The number of carboxylic acid groups (broad SMARTS) is 1. The van der Waals surface area contributed by atoms with E-state index < -0.39 is 16.7 Å². The second-order valence-electron chi connectivity index (χ2n) is 4.65. The number of aromatic amines is 1. The summed E-state index contributed by atoms with van der Waals surface area (Å²) in [6.07, 6.45) is 0. The van der Waals surface area contributed by atoms with Crippen molar-refractivity contribution in [1.29, 1.82) is 0 Å². The first-order valence-electron chi connectivity index (χ1n) is 6.27. The monoisotopic (exact) mass is 300 g/mol. The molecule has 0 aliphatic heterocycles. The van der Waals surface area contributed by atoms with Crippen molar-refractivity contribution in [3.05, 3.63) is 64.1 Å². The molecule has 7 heteroatoms. The van der Waals surface area contributed by atoms with E-state index in [1.165, 1.54) is 36.4 Å². The predicted molar refractivity (Wildman–Crippen MR) is 77.3 cm³/mol. The first-order chi connectivity index (χ1) is 10.5. The van der Waals surface area contributed by atoms with Gasteiger partial charge in [0.15, 0.2) is 0 Å². The van der Waals surface area contributed by atoms with Crippen LogP contribution in [0.1, 0.15) is 10.5 Å². The van der Waals surface area contributed by atoms with E-state index in [2.05, 4.69) is 4.98 Å². The molecule has 0 atom stereocenters. The third-order valence-corrected chi connectivity index (χ3v) is 3.35. The zero-order valence-corrected chi connectivity index (χ0v) is 11.0. The van der Waals surface area contributed by atoms with Crippen LogP contribution in [-0.4, -0.2) is 21.0 Å². The van der Waals surface area contributed by atoms with Gasteiger partial charge in [-0.25, -0.2) is 9.18 Å². The summed E-state index contributed by atoms with van der Waals surface area (Å²) in [7, 11) is 0. The van der Waals surface area contributed by atoms with E-state index in [0.717, 1.165) is 0 Å². The van der Waals surface area contributed by atoms with Crippen LogP contribution < -0.4 is 0 Å². The first kappa shape index (κ1) is 13.7. The van der Waals surface area contributed by atoms with E-state index in [0.29, 0.717) is 5.52 Å². The lowest BCUT2D eigenvalue weighted by Gasteiger charge is -2.03. The molecule has 0 radical (unpaired) electrons. The third-order valence-electron chi connectivity index (χ3n) is 3.35. The number of nitrogens with one attached hydrogen (secondary N) is 1. The Morgan fingerprint density at radius 3 is 2.59 bits per heavy atom. The molecular weight excluding hydrogens is 291 g/mol. The minimum absolute atomic E-state index is 0.0756. The zero-order chi connectivity index (χ0) is 15.9. The summed E-state index contributed by atoms with van der Waals surface area (Å²) in [5, 5.41) is 20.5. The minimum atomic E-state index is -1.27. The average Bonchev–Trinajstić information content (AvgIpc) is 2.86. The molecule has 0 spiro atoms. The second-order valence-corrected chi connectivity index (χ2v) is 4.65. The number of fused-ring (bicyclic) bond motifs is 1. The molecule has 0 unspecified atom stereocenters. The molecule has 0 aliphatic rings. The smallest absolute Gasteiger partial charge is 0.352 e. The Kier molecular flexibility index (Phi) is 3.10. The number of nitro benzene ring substituents is 1. The molecule has 6 nitrogen and oxygen atoms in total. The number of hydrogen-bond acceptors (Lipinski definition) is 3. The molecule has 0 aliphatic carbocycles. The van der Waals surface area contributed by atoms with Crippen molar-refractivity contribution >= 4 is 22.6 Å². The molecule has 0 amide bonds. The van der Waals surface area contributed by atoms with E-state index in [-0.39, 0.29) is 27.9 Å². The molecule has 3 aromatic rings. The topological polar surface area (TPSA) is 96.2 Å². The molecule has 22 heavy (non-hydrogen) atoms. The van der Waals surface area contributed by atoms with E-state index in [9.17, 15) is 24.4 Å². The quantitative estimate of drug-likeness (QED) is 0.570. The van der Waals surface area contributed by atoms with Gasteiger partial charge in [-0.1, -0.05) is 18.2 Å². The number of rotatable bonds is 3. The Bertz CT molecular complexity index is 917. The molecule has 0 bridgehead atoms. The molecule has 3 rings (SSSR count). The van der Waals surface area contributed by atoms with Gasteiger partial charge in [-0.3, -0.25) is 10.1 Å². The standard InChI is InChI=1S/C15H9FN2O4/c16-11-4-2-1-3-9(11)13-10-7-8(18(21)22)5-6-12(10)17-14(13)15(19)20/h1-7,17H,(H,19,20). The fourth-order valence-corrected chi connectivity index (χ4v) is 2.40. The number of nitro groups is 1. The lowest BCUT2D eigenvalue weighted by Crippen LogP contribution is -1.99. The van der Waals surface area contributed by atoms with Gasteiger partial charge in [0.1, 0.15) is 11.5 Å². The Morgan fingerprint density at radius 2 is 1.95 bits per heavy atom. The van der Waals surface area contributed by atoms with Crippen molar-refractivity contribution in [3.8, 4) is 11.1 Å². The maximum absolute atomic E-state index is 14.0. The van der Waals surface area contributed by atoms with Crippen LogP contribution in [0.3, 0.4) is 0 Å². The molecule has 110 valence electrons. The van der Waals surface area contributed by atoms with Crippen LogP contribution in [0.15, 0.2) is 42.5 Å². The molecule has 2 N–H and O–H groups in total. The highest BCUT2D eigenvalue weighted by molar-refractivity contribution is 6.08. The summed E-state index contributed by atoms with van der Waals surface area (Å²) in [6, 6.07) is 9.59. The van der Waals surface area contributed by atoms with Crippen molar-refractivity contribution in [1.82, 2.24) is 4.98 Å². The van der Waals surface area contributed by atoms with Gasteiger partial charge in [-0.05, 0) is 12.1 Å². The Balaban J connectivity index is 2.41. The van der Waals surface area contributed by atoms with Crippen LogP contribution in [0.4, 0.5) is 10.1 Å². The maximum atomic E-state index is 14.0. The summed E-state index contributed by atoms with van der Waals surface area (Å²) in [5.74, 6) is -1.87. The van der Waals surface area contributed by atoms with Crippen molar-refractivity contribution in [2.24, 2.45) is 0 Å². The molecule has 0 saturated carbocycles. The number of non-ortho nitro benzene ring substituents is 1. The van der Waals surface area contributed by atoms with Crippen molar-refractivity contribution in [3.63, 3.8) is 0 Å². The van der Waals surface area contributed by atoms with Gasteiger partial charge in [0.2, 0.25) is 0 Å². The number of aromatic nitrogens is 1. The summed E-state index contributed by atoms with van der Waals surface area (Å²) in [5.41, 5.74) is 0.166. The number of halogens is 1. The first-order valence-corrected chi connectivity index (χ1v) is 6.27. The van der Waals surface area contributed by atoms with Gasteiger partial charge >= 0.3 is 5.97 Å². The van der Waals surface area contributed by atoms with Crippen LogP contribution in [0, 0.1) is 15.9 Å². The number of hydrogen-bond donors (Lipinski definition) is 2. The summed E-state index contributed by atoms with van der Waals surface area (Å²) in [6.45, 7) is 0. The van der Waals surface area contributed by atoms with Gasteiger partial charge in [0.05, 0.1) is 4.92 Å². The largest absolute Gasteiger partial charge is 0.477 e. The normalized spacial score (nSPS) is 10.8. The number of aromatic carboxylic acids is 1. The van der Waals surface area contributed by atoms with Crippen LogP contribution in [0.2, 0.25) is 0 Å². The van der Waals surface area contributed by atoms with Gasteiger partial charge in [-0.2, -0.15) is 0 Å². The summed E-state index contributed by atoms with van der Waals surface area (Å²) >= 11 is 0. The fourth-order valence-electron chi connectivity index (χ4n) is 2.40. The van der Waals surface area contributed by atoms with Crippen molar-refractivity contribution in [2.75, 3.05) is 0 Å². The molecule has 2 aromatic carbocycles. The maximum Gasteiger partial charge on any atom is 0.352 e. The molecular formula is C15H9FN2O4. The molecule has 0 fully saturated rings. The zero-order valence-electron chi connectivity index (χ0n) is 11.0. The lowest BCUT2D eigenvalue weighted by molar-refractivity contribution is -0.384. The lowest BCUT2D eigenvalue weighted by atomic mass is 10.0. The summed E-state index contributed by atoms with van der Waals surface area (Å²) in [4.78, 5) is 24.4. The van der Waals surface area contributed by atoms with Gasteiger partial charge in [0, 0.05) is 34.2 Å². The van der Waals surface area contributed by atoms with Gasteiger partial charge in [-0.15, -0.1) is 0 Å². The number of benzene rings is 2. The van der Waals surface area contributed by atoms with Crippen LogP contribution >= 0.6 is 0 Å². The Labute approximate surface area is 123 Å². The highest BCUT2D eigenvalue weighted by Gasteiger charge is 2.22. The van der Waals surface area contributed by atoms with E-state index in [1.807, 2.05) is 0 Å². The summed E-state index contributed by atoms with van der Waals surface area (Å²) < 4.78 is 14.0. The molecule has 1 aromatic heterocycles. The van der Waals surface area contributed by atoms with Crippen molar-refractivity contribution < 1.29 is 19.2 Å². The van der Waals surface area contributed by atoms with Crippen molar-refractivity contribution in [2.45, 2.75) is 0 Å². The minimum Gasteiger partial charge on any atom is -0.477 e.